The molecule has 0 amide bonds. The fourth-order valence-corrected chi connectivity index (χ4v) is 4.88. The Bertz CT molecular complexity index is 750. The maximum absolute atomic E-state index is 5.70. The van der Waals surface area contributed by atoms with Crippen molar-refractivity contribution in [2.24, 2.45) is 5.73 Å². The molecule has 0 aliphatic carbocycles. The molecule has 0 spiro atoms. The first-order valence-electron chi connectivity index (χ1n) is 6.99. The molecule has 0 radical (unpaired) electrons. The number of hydrogen-bond donors (Lipinski definition) is 1. The van der Waals surface area contributed by atoms with Gasteiger partial charge in [-0.05, 0) is 47.7 Å². The minimum absolute atomic E-state index is 0.616. The van der Waals surface area contributed by atoms with Crippen molar-refractivity contribution >= 4 is 34.9 Å². The molecule has 4 heteroatoms. The Morgan fingerprint density at radius 3 is 2.36 bits per heavy atom. The van der Waals surface area contributed by atoms with Gasteiger partial charge in [-0.15, -0.1) is 23.1 Å². The van der Waals surface area contributed by atoms with Gasteiger partial charge in [-0.2, -0.15) is 0 Å². The average Bonchev–Trinajstić information content (AvgIpc) is 3.03. The van der Waals surface area contributed by atoms with Crippen LogP contribution in [0, 0.1) is 0 Å². The van der Waals surface area contributed by atoms with E-state index in [-0.39, 0.29) is 0 Å². The lowest BCUT2D eigenvalue weighted by Crippen LogP contribution is -1.90. The molecule has 0 unspecified atom stereocenters. The summed E-state index contributed by atoms with van der Waals surface area (Å²) in [4.78, 5) is 3.79. The van der Waals surface area contributed by atoms with E-state index in [0.29, 0.717) is 6.54 Å². The Morgan fingerprint density at radius 1 is 0.909 bits per heavy atom. The summed E-state index contributed by atoms with van der Waals surface area (Å²) < 4.78 is 1.29. The second-order valence-electron chi connectivity index (χ2n) is 4.79. The van der Waals surface area contributed by atoms with Crippen LogP contribution < -0.4 is 5.73 Å². The van der Waals surface area contributed by atoms with Gasteiger partial charge in [0.15, 0.2) is 0 Å². The summed E-state index contributed by atoms with van der Waals surface area (Å²) in [5, 5.41) is 0. The largest absolute Gasteiger partial charge is 0.326 e. The number of hydrogen-bond acceptors (Lipinski definition) is 4. The molecule has 0 fully saturated rings. The van der Waals surface area contributed by atoms with E-state index in [2.05, 4.69) is 66.9 Å². The molecule has 2 aromatic carbocycles. The molecule has 1 heterocycles. The highest BCUT2D eigenvalue weighted by Crippen LogP contribution is 2.37. The Hall–Kier alpha value is -1.20. The molecule has 0 aliphatic rings. The summed E-state index contributed by atoms with van der Waals surface area (Å²) in [5.41, 5.74) is 8.23. The molecule has 3 aromatic rings. The van der Waals surface area contributed by atoms with Gasteiger partial charge in [0.05, 0.1) is 4.21 Å². The van der Waals surface area contributed by atoms with Crippen LogP contribution in [-0.4, -0.2) is 6.26 Å². The van der Waals surface area contributed by atoms with Crippen molar-refractivity contribution in [3.05, 3.63) is 65.5 Å². The number of thioether (sulfide) groups is 1. The maximum atomic E-state index is 5.70. The zero-order valence-corrected chi connectivity index (χ0v) is 14.7. The zero-order chi connectivity index (χ0) is 15.4. The van der Waals surface area contributed by atoms with Crippen molar-refractivity contribution in [1.82, 2.24) is 0 Å². The SMILES string of the molecule is CSc1cc(Sc2ccc(CN)s2)cc(-c2ccccc2)c1. The van der Waals surface area contributed by atoms with E-state index < -0.39 is 0 Å². The monoisotopic (exact) mass is 343 g/mol. The number of rotatable bonds is 5. The van der Waals surface area contributed by atoms with Gasteiger partial charge in [-0.3, -0.25) is 0 Å². The maximum Gasteiger partial charge on any atom is 0.0649 e. The summed E-state index contributed by atoms with van der Waals surface area (Å²) in [6.45, 7) is 0.616. The normalized spacial score (nSPS) is 10.8. The molecule has 0 saturated carbocycles. The molecule has 22 heavy (non-hydrogen) atoms. The third kappa shape index (κ3) is 3.76. The van der Waals surface area contributed by atoms with Gasteiger partial charge in [0.1, 0.15) is 0 Å². The summed E-state index contributed by atoms with van der Waals surface area (Å²) in [7, 11) is 0. The molecule has 0 aliphatic heterocycles. The molecule has 2 N–H and O–H groups in total. The van der Waals surface area contributed by atoms with E-state index in [1.54, 1.807) is 23.1 Å². The third-order valence-electron chi connectivity index (χ3n) is 3.28. The molecule has 0 bridgehead atoms. The van der Waals surface area contributed by atoms with E-state index in [9.17, 15) is 0 Å². The van der Waals surface area contributed by atoms with Crippen LogP contribution in [0.1, 0.15) is 4.88 Å². The van der Waals surface area contributed by atoms with Crippen molar-refractivity contribution in [2.75, 3.05) is 6.26 Å². The quantitative estimate of drug-likeness (QED) is 0.598. The van der Waals surface area contributed by atoms with Crippen LogP contribution in [-0.2, 0) is 6.54 Å². The number of nitrogens with two attached hydrogens (primary N) is 1. The van der Waals surface area contributed by atoms with Crippen LogP contribution in [0.5, 0.6) is 0 Å². The van der Waals surface area contributed by atoms with Crippen LogP contribution in [0.15, 0.2) is 74.7 Å². The van der Waals surface area contributed by atoms with E-state index in [1.807, 2.05) is 11.8 Å². The van der Waals surface area contributed by atoms with Crippen LogP contribution in [0.3, 0.4) is 0 Å². The van der Waals surface area contributed by atoms with E-state index in [4.69, 9.17) is 5.73 Å². The van der Waals surface area contributed by atoms with Crippen LogP contribution >= 0.6 is 34.9 Å². The molecule has 112 valence electrons. The van der Waals surface area contributed by atoms with Crippen molar-refractivity contribution in [2.45, 2.75) is 20.5 Å². The van der Waals surface area contributed by atoms with E-state index >= 15 is 0 Å². The van der Waals surface area contributed by atoms with Crippen LogP contribution in [0.25, 0.3) is 11.1 Å². The van der Waals surface area contributed by atoms with Gasteiger partial charge >= 0.3 is 0 Å². The zero-order valence-electron chi connectivity index (χ0n) is 12.3. The predicted octanol–water partition coefficient (Wildman–Crippen LogP) is 5.75. The molecule has 1 aromatic heterocycles. The van der Waals surface area contributed by atoms with Gasteiger partial charge in [-0.1, -0.05) is 42.1 Å². The molecule has 3 rings (SSSR count). The minimum atomic E-state index is 0.616. The highest BCUT2D eigenvalue weighted by Gasteiger charge is 2.06. The first-order valence-corrected chi connectivity index (χ1v) is 9.85. The minimum Gasteiger partial charge on any atom is -0.326 e. The lowest BCUT2D eigenvalue weighted by molar-refractivity contribution is 1.11. The first-order chi connectivity index (χ1) is 10.8. The number of benzene rings is 2. The Morgan fingerprint density at radius 2 is 1.68 bits per heavy atom. The van der Waals surface area contributed by atoms with Gasteiger partial charge in [0.25, 0.3) is 0 Å². The molecular formula is C18H17NS3. The van der Waals surface area contributed by atoms with E-state index in [1.165, 1.54) is 30.0 Å². The third-order valence-corrected chi connectivity index (χ3v) is 6.20. The van der Waals surface area contributed by atoms with Crippen LogP contribution in [0.4, 0.5) is 0 Å². The number of thiophene rings is 1. The summed E-state index contributed by atoms with van der Waals surface area (Å²) in [5.74, 6) is 0. The topological polar surface area (TPSA) is 26.0 Å². The molecular weight excluding hydrogens is 326 g/mol. The first kappa shape index (κ1) is 15.7. The van der Waals surface area contributed by atoms with Crippen molar-refractivity contribution in [1.29, 1.82) is 0 Å². The highest BCUT2D eigenvalue weighted by atomic mass is 32.2. The fourth-order valence-electron chi connectivity index (χ4n) is 2.18. The lowest BCUT2D eigenvalue weighted by atomic mass is 10.1. The lowest BCUT2D eigenvalue weighted by Gasteiger charge is -2.08. The van der Waals surface area contributed by atoms with Gasteiger partial charge in [0.2, 0.25) is 0 Å². The average molecular weight is 344 g/mol. The molecule has 1 nitrogen and oxygen atoms in total. The molecule has 0 atom stereocenters. The smallest absolute Gasteiger partial charge is 0.0649 e. The van der Waals surface area contributed by atoms with Crippen LogP contribution in [0.2, 0.25) is 0 Å². The van der Waals surface area contributed by atoms with Crippen molar-refractivity contribution in [3.8, 4) is 11.1 Å². The van der Waals surface area contributed by atoms with Gasteiger partial charge in [0, 0.05) is 21.2 Å². The van der Waals surface area contributed by atoms with Gasteiger partial charge < -0.3 is 5.73 Å². The highest BCUT2D eigenvalue weighted by molar-refractivity contribution is 8.01. The fraction of sp³-hybridized carbons (Fsp3) is 0.111. The van der Waals surface area contributed by atoms with E-state index in [0.717, 1.165) is 0 Å². The summed E-state index contributed by atoms with van der Waals surface area (Å²) in [6, 6.07) is 21.6. The van der Waals surface area contributed by atoms with Crippen molar-refractivity contribution in [3.63, 3.8) is 0 Å². The Balaban J connectivity index is 1.93. The molecule has 0 saturated heterocycles. The second-order valence-corrected chi connectivity index (χ2v) is 8.21. The summed E-state index contributed by atoms with van der Waals surface area (Å²) >= 11 is 5.37. The second kappa shape index (κ2) is 7.38. The predicted molar refractivity (Wildman–Crippen MR) is 100.0 cm³/mol. The Labute approximate surface area is 144 Å². The Kier molecular flexibility index (Phi) is 5.26. The summed E-state index contributed by atoms with van der Waals surface area (Å²) in [6.07, 6.45) is 2.12. The van der Waals surface area contributed by atoms with Gasteiger partial charge in [-0.25, -0.2) is 0 Å². The standard InChI is InChI=1S/C18H17NS3/c1-20-16-9-14(13-5-3-2-4-6-13)10-17(11-16)22-18-8-7-15(12-19)21-18/h2-11H,12,19H2,1H3. The van der Waals surface area contributed by atoms with Crippen molar-refractivity contribution < 1.29 is 0 Å².